The molecule has 7 heteroatoms. The van der Waals surface area contributed by atoms with E-state index in [1.165, 1.54) is 36.6 Å². The van der Waals surface area contributed by atoms with E-state index < -0.39 is 10.8 Å². The minimum Gasteiger partial charge on any atom is -0.465 e. The number of hydrogen-bond acceptors (Lipinski definition) is 4. The zero-order valence-electron chi connectivity index (χ0n) is 10.1. The standard InChI is InChI=1S/C13H9ClN2O4/c14-9-3-5-11(12(8-9)16(18)19)15-13(17)6-4-10-2-1-7-20-10/h1-8H,(H,15,17)/b6-4+. The van der Waals surface area contributed by atoms with E-state index >= 15 is 0 Å². The molecule has 0 saturated carbocycles. The molecule has 0 aliphatic heterocycles. The van der Waals surface area contributed by atoms with Gasteiger partial charge in [0.05, 0.1) is 11.2 Å². The van der Waals surface area contributed by atoms with Crippen molar-refractivity contribution >= 4 is 35.0 Å². The third-order valence-electron chi connectivity index (χ3n) is 2.36. The normalized spacial score (nSPS) is 10.7. The molecule has 0 fully saturated rings. The number of rotatable bonds is 4. The highest BCUT2D eigenvalue weighted by Gasteiger charge is 2.15. The van der Waals surface area contributed by atoms with Gasteiger partial charge < -0.3 is 9.73 Å². The van der Waals surface area contributed by atoms with Gasteiger partial charge in [-0.15, -0.1) is 0 Å². The summed E-state index contributed by atoms with van der Waals surface area (Å²) in [6.45, 7) is 0. The number of carbonyl (C=O) groups is 1. The molecule has 20 heavy (non-hydrogen) atoms. The number of nitrogens with one attached hydrogen (secondary N) is 1. The zero-order valence-corrected chi connectivity index (χ0v) is 10.8. The first kappa shape index (κ1) is 13.8. The van der Waals surface area contributed by atoms with Gasteiger partial charge >= 0.3 is 0 Å². The van der Waals surface area contributed by atoms with Crippen molar-refractivity contribution in [2.75, 3.05) is 5.32 Å². The molecule has 0 atom stereocenters. The van der Waals surface area contributed by atoms with Gasteiger partial charge in [-0.25, -0.2) is 0 Å². The number of carbonyl (C=O) groups excluding carboxylic acids is 1. The summed E-state index contributed by atoms with van der Waals surface area (Å²) in [6.07, 6.45) is 4.15. The van der Waals surface area contributed by atoms with Crippen LogP contribution in [0.25, 0.3) is 6.08 Å². The van der Waals surface area contributed by atoms with Gasteiger partial charge in [0.15, 0.2) is 0 Å². The molecule has 0 spiro atoms. The van der Waals surface area contributed by atoms with Crippen molar-refractivity contribution in [3.63, 3.8) is 0 Å². The molecule has 1 heterocycles. The van der Waals surface area contributed by atoms with Gasteiger partial charge in [0.2, 0.25) is 5.91 Å². The van der Waals surface area contributed by atoms with E-state index in [9.17, 15) is 14.9 Å². The highest BCUT2D eigenvalue weighted by molar-refractivity contribution is 6.31. The minimum absolute atomic E-state index is 0.0773. The molecule has 1 aromatic carbocycles. The molecular formula is C13H9ClN2O4. The molecule has 2 rings (SSSR count). The average molecular weight is 293 g/mol. The minimum atomic E-state index is -0.613. The van der Waals surface area contributed by atoms with Crippen molar-refractivity contribution in [2.24, 2.45) is 0 Å². The highest BCUT2D eigenvalue weighted by Crippen LogP contribution is 2.27. The topological polar surface area (TPSA) is 85.4 Å². The number of amides is 1. The summed E-state index contributed by atoms with van der Waals surface area (Å²) in [5.74, 6) is -0.00224. The van der Waals surface area contributed by atoms with Crippen molar-refractivity contribution in [2.45, 2.75) is 0 Å². The first-order valence-corrected chi connectivity index (χ1v) is 5.90. The number of furan rings is 1. The summed E-state index contributed by atoms with van der Waals surface area (Å²) >= 11 is 5.68. The predicted octanol–water partition coefficient (Wildman–Crippen LogP) is 3.49. The van der Waals surface area contributed by atoms with Crippen LogP contribution in [0, 0.1) is 10.1 Å². The Morgan fingerprint density at radius 3 is 2.85 bits per heavy atom. The maximum absolute atomic E-state index is 11.7. The van der Waals surface area contributed by atoms with Crippen molar-refractivity contribution < 1.29 is 14.1 Å². The van der Waals surface area contributed by atoms with Gasteiger partial charge in [-0.2, -0.15) is 0 Å². The van der Waals surface area contributed by atoms with Crippen LogP contribution in [0.2, 0.25) is 5.02 Å². The van der Waals surface area contributed by atoms with Gasteiger partial charge in [-0.3, -0.25) is 14.9 Å². The smallest absolute Gasteiger partial charge is 0.294 e. The Morgan fingerprint density at radius 2 is 2.20 bits per heavy atom. The van der Waals surface area contributed by atoms with Crippen molar-refractivity contribution in [3.8, 4) is 0 Å². The number of nitro benzene ring substituents is 1. The molecule has 6 nitrogen and oxygen atoms in total. The molecule has 0 saturated heterocycles. The number of nitrogens with zero attached hydrogens (tertiary/aromatic N) is 1. The molecule has 2 aromatic rings. The summed E-state index contributed by atoms with van der Waals surface area (Å²) in [5, 5.41) is 13.5. The van der Waals surface area contributed by atoms with Gasteiger partial charge in [0.1, 0.15) is 11.4 Å². The van der Waals surface area contributed by atoms with E-state index in [4.69, 9.17) is 16.0 Å². The summed E-state index contributed by atoms with van der Waals surface area (Å²) in [7, 11) is 0. The van der Waals surface area contributed by atoms with Gasteiger partial charge in [0, 0.05) is 17.2 Å². The van der Waals surface area contributed by atoms with E-state index in [0.29, 0.717) is 5.76 Å². The molecule has 0 bridgehead atoms. The lowest BCUT2D eigenvalue weighted by Gasteiger charge is -2.03. The van der Waals surface area contributed by atoms with Crippen LogP contribution in [0.3, 0.4) is 0 Å². The molecule has 0 radical (unpaired) electrons. The predicted molar refractivity (Wildman–Crippen MR) is 74.5 cm³/mol. The molecule has 1 aromatic heterocycles. The van der Waals surface area contributed by atoms with E-state index in [-0.39, 0.29) is 16.4 Å². The fourth-order valence-electron chi connectivity index (χ4n) is 1.48. The van der Waals surface area contributed by atoms with Crippen LogP contribution >= 0.6 is 11.6 Å². The second-order valence-electron chi connectivity index (χ2n) is 3.76. The Balaban J connectivity index is 2.13. The van der Waals surface area contributed by atoms with E-state index in [1.807, 2.05) is 0 Å². The second kappa shape index (κ2) is 6.03. The summed E-state index contributed by atoms with van der Waals surface area (Å²) in [4.78, 5) is 21.9. The van der Waals surface area contributed by atoms with Crippen LogP contribution < -0.4 is 5.32 Å². The SMILES string of the molecule is O=C(/C=C/c1ccco1)Nc1ccc(Cl)cc1[N+](=O)[O-]. The Hall–Kier alpha value is -2.60. The number of benzene rings is 1. The second-order valence-corrected chi connectivity index (χ2v) is 4.19. The first-order valence-electron chi connectivity index (χ1n) is 5.53. The lowest BCUT2D eigenvalue weighted by molar-refractivity contribution is -0.383. The van der Waals surface area contributed by atoms with Gasteiger partial charge in [0.25, 0.3) is 5.69 Å². The monoisotopic (exact) mass is 292 g/mol. The Bertz CT molecular complexity index is 665. The summed E-state index contributed by atoms with van der Waals surface area (Å²) in [6, 6.07) is 7.36. The quantitative estimate of drug-likeness (QED) is 0.531. The maximum Gasteiger partial charge on any atom is 0.294 e. The van der Waals surface area contributed by atoms with E-state index in [2.05, 4.69) is 5.32 Å². The van der Waals surface area contributed by atoms with Gasteiger partial charge in [-0.05, 0) is 30.3 Å². The number of halogens is 1. The third kappa shape index (κ3) is 3.46. The largest absolute Gasteiger partial charge is 0.465 e. The highest BCUT2D eigenvalue weighted by atomic mass is 35.5. The Labute approximate surface area is 118 Å². The summed E-state index contributed by atoms with van der Waals surface area (Å²) < 4.78 is 5.02. The number of anilines is 1. The molecule has 1 amide bonds. The third-order valence-corrected chi connectivity index (χ3v) is 2.59. The molecule has 0 unspecified atom stereocenters. The Kier molecular flexibility index (Phi) is 4.17. The average Bonchev–Trinajstić information content (AvgIpc) is 2.91. The van der Waals surface area contributed by atoms with Crippen LogP contribution in [0.4, 0.5) is 11.4 Å². The van der Waals surface area contributed by atoms with Crippen molar-refractivity contribution in [1.82, 2.24) is 0 Å². The molecular weight excluding hydrogens is 284 g/mol. The molecule has 0 aliphatic carbocycles. The fraction of sp³-hybridized carbons (Fsp3) is 0. The maximum atomic E-state index is 11.7. The van der Waals surface area contributed by atoms with E-state index in [1.54, 1.807) is 12.1 Å². The fourth-order valence-corrected chi connectivity index (χ4v) is 1.65. The van der Waals surface area contributed by atoms with Crippen LogP contribution in [-0.4, -0.2) is 10.8 Å². The zero-order chi connectivity index (χ0) is 14.5. The lowest BCUT2D eigenvalue weighted by Crippen LogP contribution is -2.09. The van der Waals surface area contributed by atoms with E-state index in [0.717, 1.165) is 0 Å². The van der Waals surface area contributed by atoms with Crippen molar-refractivity contribution in [1.29, 1.82) is 0 Å². The summed E-state index contributed by atoms with van der Waals surface area (Å²) in [5.41, 5.74) is -0.189. The van der Waals surface area contributed by atoms with Gasteiger partial charge in [-0.1, -0.05) is 11.6 Å². The van der Waals surface area contributed by atoms with Crippen LogP contribution in [0.5, 0.6) is 0 Å². The number of hydrogen-bond donors (Lipinski definition) is 1. The Morgan fingerprint density at radius 1 is 1.40 bits per heavy atom. The molecule has 0 aliphatic rings. The molecule has 1 N–H and O–H groups in total. The van der Waals surface area contributed by atoms with Crippen LogP contribution in [0.1, 0.15) is 5.76 Å². The van der Waals surface area contributed by atoms with Crippen LogP contribution in [-0.2, 0) is 4.79 Å². The first-order chi connectivity index (χ1) is 9.56. The van der Waals surface area contributed by atoms with Crippen LogP contribution in [0.15, 0.2) is 47.1 Å². The number of nitro groups is 1. The van der Waals surface area contributed by atoms with Crippen molar-refractivity contribution in [3.05, 3.63) is 63.6 Å². The lowest BCUT2D eigenvalue weighted by atomic mass is 10.2. The molecule has 102 valence electrons.